The fraction of sp³-hybridized carbons (Fsp3) is 0.417. The van der Waals surface area contributed by atoms with E-state index in [1.54, 1.807) is 0 Å². The van der Waals surface area contributed by atoms with Crippen molar-refractivity contribution in [1.82, 2.24) is 5.12 Å². The van der Waals surface area contributed by atoms with E-state index in [0.717, 1.165) is 0 Å². The van der Waals surface area contributed by atoms with E-state index in [1.807, 2.05) is 0 Å². The van der Waals surface area contributed by atoms with Crippen LogP contribution in [0.15, 0.2) is 6.07 Å². The Labute approximate surface area is 130 Å². The number of unbranched alkanes of at least 4 members (excludes halogenated alkanes) is 1. The van der Waals surface area contributed by atoms with E-state index in [9.17, 15) is 26.8 Å². The molecule has 0 fully saturated rings. The minimum atomic E-state index is -2.19. The van der Waals surface area contributed by atoms with Crippen LogP contribution < -0.4 is 0 Å². The molecule has 0 aliphatic heterocycles. The summed E-state index contributed by atoms with van der Waals surface area (Å²) in [5.74, 6) is -9.66. The van der Waals surface area contributed by atoms with Crippen LogP contribution in [0.1, 0.15) is 23.2 Å². The molecule has 2 N–H and O–H groups in total. The Morgan fingerprint density at radius 3 is 2.43 bits per heavy atom. The maximum atomic E-state index is 13.5. The third-order valence-electron chi connectivity index (χ3n) is 2.82. The number of hydrogen-bond acceptors (Lipinski definition) is 4. The summed E-state index contributed by atoms with van der Waals surface area (Å²) in [4.78, 5) is 11.6. The number of amides is 1. The topological polar surface area (TPSA) is 70.0 Å². The van der Waals surface area contributed by atoms with Crippen LogP contribution in [0.4, 0.5) is 22.0 Å². The first-order valence-corrected chi connectivity index (χ1v) is 8.11. The Balaban J connectivity index is 2.54. The molecular formula is C12H14F5NO4Si. The van der Waals surface area contributed by atoms with Crippen molar-refractivity contribution in [2.45, 2.75) is 25.4 Å². The minimum absolute atomic E-state index is 0.0893. The van der Waals surface area contributed by atoms with E-state index in [0.29, 0.717) is 12.5 Å². The average Bonchev–Trinajstić information content (AvgIpc) is 2.50. The van der Waals surface area contributed by atoms with Gasteiger partial charge in [0.2, 0.25) is 0 Å². The normalized spacial score (nSPS) is 11.7. The highest BCUT2D eigenvalue weighted by molar-refractivity contribution is 6.26. The number of carbonyl (C=O) groups is 1. The highest BCUT2D eigenvalue weighted by atomic mass is 28.2. The Kier molecular flexibility index (Phi) is 7.55. The van der Waals surface area contributed by atoms with Crippen molar-refractivity contribution in [2.75, 3.05) is 6.54 Å². The maximum absolute atomic E-state index is 13.5. The molecule has 0 aliphatic rings. The smallest absolute Gasteiger partial charge is 0.284 e. The predicted octanol–water partition coefficient (Wildman–Crippen LogP) is 1.14. The number of halogens is 5. The van der Waals surface area contributed by atoms with Crippen LogP contribution in [0.25, 0.3) is 0 Å². The summed E-state index contributed by atoms with van der Waals surface area (Å²) in [5, 5.41) is 16.4. The lowest BCUT2D eigenvalue weighted by atomic mass is 10.1. The van der Waals surface area contributed by atoms with Gasteiger partial charge < -0.3 is 14.6 Å². The molecule has 0 radical (unpaired) electrons. The number of hydrogen-bond donors (Lipinski definition) is 2. The lowest BCUT2D eigenvalue weighted by molar-refractivity contribution is -0.180. The summed E-state index contributed by atoms with van der Waals surface area (Å²) < 4.78 is 70.2. The molecule has 0 saturated carbocycles. The van der Waals surface area contributed by atoms with Crippen LogP contribution in [0.3, 0.4) is 0 Å². The number of aliphatic hydroxyl groups is 2. The van der Waals surface area contributed by atoms with Gasteiger partial charge in [0.25, 0.3) is 12.4 Å². The lowest BCUT2D eigenvalue weighted by Gasteiger charge is -2.13. The van der Waals surface area contributed by atoms with E-state index >= 15 is 0 Å². The zero-order valence-corrected chi connectivity index (χ0v) is 13.2. The minimum Gasteiger partial charge on any atom is -0.379 e. The van der Waals surface area contributed by atoms with Crippen LogP contribution in [-0.2, 0) is 4.43 Å². The first-order valence-electron chi connectivity index (χ1n) is 6.54. The number of rotatable bonds is 8. The van der Waals surface area contributed by atoms with Gasteiger partial charge in [0.1, 0.15) is 0 Å². The Hall–Kier alpha value is -1.56. The van der Waals surface area contributed by atoms with E-state index in [1.165, 1.54) is 0 Å². The van der Waals surface area contributed by atoms with Crippen LogP contribution in [-0.4, -0.2) is 44.0 Å². The Bertz CT molecular complexity index is 561. The molecule has 1 aromatic rings. The van der Waals surface area contributed by atoms with Gasteiger partial charge >= 0.3 is 0 Å². The van der Waals surface area contributed by atoms with Gasteiger partial charge in [-0.1, -0.05) is 10.9 Å². The first-order chi connectivity index (χ1) is 10.8. The van der Waals surface area contributed by atoms with Gasteiger partial charge in [-0.15, -0.1) is 0 Å². The molecule has 5 nitrogen and oxygen atoms in total. The standard InChI is InChI=1S/C12H14F5NO4Si/c13-7-5-6(8(14)10(16)9(7)15)11(19)18(17)3-1-2-4-23-22-12(20)21/h5,12,20-21H,1-4,23H2. The van der Waals surface area contributed by atoms with Gasteiger partial charge in [-0.05, 0) is 18.5 Å². The summed E-state index contributed by atoms with van der Waals surface area (Å²) in [6.07, 6.45) is 0.523. The molecule has 130 valence electrons. The average molecular weight is 359 g/mol. The molecule has 11 heteroatoms. The molecule has 0 spiro atoms. The molecule has 0 saturated heterocycles. The fourth-order valence-electron chi connectivity index (χ4n) is 1.68. The third kappa shape index (κ3) is 5.53. The van der Waals surface area contributed by atoms with Crippen molar-refractivity contribution in [3.05, 3.63) is 34.9 Å². The highest BCUT2D eigenvalue weighted by Gasteiger charge is 2.26. The van der Waals surface area contributed by atoms with Crippen molar-refractivity contribution in [3.8, 4) is 0 Å². The van der Waals surface area contributed by atoms with Gasteiger partial charge in [0.05, 0.1) is 12.1 Å². The van der Waals surface area contributed by atoms with Gasteiger partial charge in [0.15, 0.2) is 33.0 Å². The molecule has 1 amide bonds. The van der Waals surface area contributed by atoms with Crippen molar-refractivity contribution < 1.29 is 41.5 Å². The van der Waals surface area contributed by atoms with Crippen LogP contribution in [0.2, 0.25) is 6.04 Å². The van der Waals surface area contributed by atoms with Gasteiger partial charge in [-0.2, -0.15) is 5.12 Å². The molecule has 1 aromatic carbocycles. The predicted molar refractivity (Wildman–Crippen MR) is 70.3 cm³/mol. The van der Waals surface area contributed by atoms with Crippen LogP contribution >= 0.6 is 0 Å². The van der Waals surface area contributed by atoms with Crippen molar-refractivity contribution in [1.29, 1.82) is 0 Å². The maximum Gasteiger partial charge on any atom is 0.284 e. The monoisotopic (exact) mass is 359 g/mol. The SMILES string of the molecule is O=C(c1cc(F)c(F)c(F)c1F)N(F)CCCC[SiH2]OC(O)O. The number of carbonyl (C=O) groups excluding carboxylic acids is 1. The highest BCUT2D eigenvalue weighted by Crippen LogP contribution is 2.20. The second-order valence-corrected chi connectivity index (χ2v) is 5.95. The summed E-state index contributed by atoms with van der Waals surface area (Å²) in [5.41, 5.74) is -1.25. The van der Waals surface area contributed by atoms with E-state index < -0.39 is 62.6 Å². The quantitative estimate of drug-likeness (QED) is 0.139. The second kappa shape index (κ2) is 8.91. The number of benzene rings is 1. The Morgan fingerprint density at radius 1 is 1.17 bits per heavy atom. The molecule has 0 heterocycles. The Morgan fingerprint density at radius 2 is 1.83 bits per heavy atom. The molecule has 0 unspecified atom stereocenters. The van der Waals surface area contributed by atoms with Crippen molar-refractivity contribution in [2.24, 2.45) is 0 Å². The third-order valence-corrected chi connectivity index (χ3v) is 4.14. The zero-order valence-electron chi connectivity index (χ0n) is 11.7. The van der Waals surface area contributed by atoms with E-state index in [-0.39, 0.29) is 12.5 Å². The van der Waals surface area contributed by atoms with Crippen molar-refractivity contribution >= 4 is 15.7 Å². The molecule has 1 rings (SSSR count). The van der Waals surface area contributed by atoms with Crippen LogP contribution in [0.5, 0.6) is 0 Å². The molecule has 0 atom stereocenters. The second-order valence-electron chi connectivity index (χ2n) is 4.50. The fourth-order valence-corrected chi connectivity index (χ4v) is 2.61. The molecular weight excluding hydrogens is 345 g/mol. The zero-order chi connectivity index (χ0) is 17.6. The van der Waals surface area contributed by atoms with E-state index in [4.69, 9.17) is 10.2 Å². The van der Waals surface area contributed by atoms with Gasteiger partial charge in [-0.25, -0.2) is 17.6 Å². The first kappa shape index (κ1) is 19.5. The summed E-state index contributed by atoms with van der Waals surface area (Å²) >= 11 is 0. The van der Waals surface area contributed by atoms with Crippen molar-refractivity contribution in [3.63, 3.8) is 0 Å². The summed E-state index contributed by atoms with van der Waals surface area (Å²) in [6.45, 7) is -2.33. The molecule has 0 aliphatic carbocycles. The molecule has 0 aromatic heterocycles. The summed E-state index contributed by atoms with van der Waals surface area (Å²) in [7, 11) is -1.20. The molecule has 0 bridgehead atoms. The van der Waals surface area contributed by atoms with Crippen LogP contribution in [0, 0.1) is 23.3 Å². The summed E-state index contributed by atoms with van der Waals surface area (Å²) in [6, 6.07) is 0.555. The number of aliphatic hydroxyl groups excluding tert-OH is 1. The molecule has 23 heavy (non-hydrogen) atoms. The van der Waals surface area contributed by atoms with Gasteiger partial charge in [0, 0.05) is 0 Å². The van der Waals surface area contributed by atoms with E-state index in [2.05, 4.69) is 4.43 Å². The lowest BCUT2D eigenvalue weighted by Crippen LogP contribution is -2.25. The largest absolute Gasteiger partial charge is 0.379 e. The van der Waals surface area contributed by atoms with Gasteiger partial charge in [-0.3, -0.25) is 4.79 Å². The number of nitrogens with zero attached hydrogens (tertiary/aromatic N) is 1.